The molecular formula is C20H18N4O2. The zero-order valence-electron chi connectivity index (χ0n) is 14.9. The van der Waals surface area contributed by atoms with Crippen LogP contribution in [0.15, 0.2) is 47.8 Å². The van der Waals surface area contributed by atoms with Crippen LogP contribution in [0.25, 0.3) is 32.3 Å². The molecule has 2 aromatic carbocycles. The fraction of sp³-hybridized carbons (Fsp3) is 0.200. The van der Waals surface area contributed by atoms with Crippen LogP contribution in [0.4, 0.5) is 5.69 Å². The Kier molecular flexibility index (Phi) is 4.87. The van der Waals surface area contributed by atoms with Gasteiger partial charge >= 0.3 is 5.97 Å². The quantitative estimate of drug-likeness (QED) is 0.265. The number of aromatic nitrogens is 1. The van der Waals surface area contributed by atoms with E-state index in [0.717, 1.165) is 27.5 Å². The highest BCUT2D eigenvalue weighted by atomic mass is 16.5. The monoisotopic (exact) mass is 346 g/mol. The van der Waals surface area contributed by atoms with Crippen molar-refractivity contribution in [3.63, 3.8) is 0 Å². The van der Waals surface area contributed by atoms with Gasteiger partial charge in [-0.2, -0.15) is 0 Å². The van der Waals surface area contributed by atoms with Crippen LogP contribution in [0.3, 0.4) is 0 Å². The van der Waals surface area contributed by atoms with Crippen LogP contribution in [-0.4, -0.2) is 17.6 Å². The number of ether oxygens (including phenoxy) is 1. The van der Waals surface area contributed by atoms with Crippen LogP contribution >= 0.6 is 0 Å². The van der Waals surface area contributed by atoms with Crippen LogP contribution < -0.4 is 0 Å². The lowest BCUT2D eigenvalue weighted by Gasteiger charge is -2.15. The minimum atomic E-state index is -0.402. The first-order chi connectivity index (χ1) is 12.6. The molecule has 0 saturated carbocycles. The molecule has 0 radical (unpaired) electrons. The Morgan fingerprint density at radius 3 is 2.73 bits per heavy atom. The van der Waals surface area contributed by atoms with Gasteiger partial charge in [0.05, 0.1) is 12.2 Å². The number of benzene rings is 2. The number of carbonyl (C=O) groups excluding carboxylic acids is 1. The molecule has 0 unspecified atom stereocenters. The van der Waals surface area contributed by atoms with E-state index < -0.39 is 5.97 Å². The van der Waals surface area contributed by atoms with E-state index in [-0.39, 0.29) is 0 Å². The first-order valence-electron chi connectivity index (χ1n) is 8.27. The zero-order chi connectivity index (χ0) is 18.7. The Labute approximate surface area is 151 Å². The lowest BCUT2D eigenvalue weighted by atomic mass is 9.91. The van der Waals surface area contributed by atoms with Crippen molar-refractivity contribution in [3.8, 4) is 11.1 Å². The molecule has 3 rings (SSSR count). The number of fused-ring (bicyclic) bond motifs is 1. The summed E-state index contributed by atoms with van der Waals surface area (Å²) < 4.78 is 5.09. The van der Waals surface area contributed by atoms with E-state index in [1.165, 1.54) is 0 Å². The van der Waals surface area contributed by atoms with Crippen LogP contribution in [0, 0.1) is 13.8 Å². The second-order valence-electron chi connectivity index (χ2n) is 5.93. The topological polar surface area (TPSA) is 88.0 Å². The molecule has 1 heterocycles. The molecule has 0 spiro atoms. The molecule has 0 aliphatic carbocycles. The van der Waals surface area contributed by atoms with Gasteiger partial charge in [0.25, 0.3) is 0 Å². The van der Waals surface area contributed by atoms with Crippen molar-refractivity contribution in [1.82, 2.24) is 4.98 Å². The summed E-state index contributed by atoms with van der Waals surface area (Å²) in [4.78, 5) is 19.2. The smallest absolute Gasteiger partial charge is 0.338 e. The van der Waals surface area contributed by atoms with Crippen molar-refractivity contribution in [3.05, 3.63) is 69.9 Å². The van der Waals surface area contributed by atoms with Gasteiger partial charge in [0.2, 0.25) is 0 Å². The second-order valence-corrected chi connectivity index (χ2v) is 5.93. The van der Waals surface area contributed by atoms with Gasteiger partial charge in [0, 0.05) is 28.4 Å². The van der Waals surface area contributed by atoms with Crippen LogP contribution in [-0.2, 0) is 4.74 Å². The second kappa shape index (κ2) is 7.25. The van der Waals surface area contributed by atoms with E-state index in [1.54, 1.807) is 31.3 Å². The fourth-order valence-electron chi connectivity index (χ4n) is 3.09. The Hall–Kier alpha value is -3.37. The average molecular weight is 346 g/mol. The van der Waals surface area contributed by atoms with E-state index in [1.807, 2.05) is 32.2 Å². The summed E-state index contributed by atoms with van der Waals surface area (Å²) >= 11 is 0. The molecule has 0 N–H and O–H groups in total. The first kappa shape index (κ1) is 17.5. The van der Waals surface area contributed by atoms with Gasteiger partial charge in [-0.3, -0.25) is 4.98 Å². The molecule has 0 saturated heterocycles. The fourth-order valence-corrected chi connectivity index (χ4v) is 3.09. The first-order valence-corrected chi connectivity index (χ1v) is 8.27. The van der Waals surface area contributed by atoms with Crippen molar-refractivity contribution in [2.24, 2.45) is 5.11 Å². The number of aryl methyl sites for hydroxylation is 2. The van der Waals surface area contributed by atoms with Crippen LogP contribution in [0.2, 0.25) is 0 Å². The molecule has 3 aromatic rings. The van der Waals surface area contributed by atoms with Crippen LogP contribution in [0.5, 0.6) is 0 Å². The van der Waals surface area contributed by atoms with Crippen molar-refractivity contribution in [2.75, 3.05) is 6.61 Å². The predicted octanol–water partition coefficient (Wildman–Crippen LogP) is 5.64. The molecule has 6 heteroatoms. The standard InChI is InChI=1S/C20H18N4O2/c1-4-26-20(25)14-5-6-19(23-24-21)17(10-14)16-9-12(2)18-11-22-8-7-15(18)13(16)3/h5-11H,4H2,1-3H3. The summed E-state index contributed by atoms with van der Waals surface area (Å²) in [6.45, 7) is 6.08. The number of hydrogen-bond acceptors (Lipinski definition) is 4. The molecule has 1 aromatic heterocycles. The van der Waals surface area contributed by atoms with E-state index >= 15 is 0 Å². The molecule has 130 valence electrons. The Balaban J connectivity index is 2.29. The Morgan fingerprint density at radius 2 is 2.00 bits per heavy atom. The van der Waals surface area contributed by atoms with Gasteiger partial charge in [-0.15, -0.1) is 0 Å². The molecule has 0 aliphatic heterocycles. The maximum absolute atomic E-state index is 12.1. The normalized spacial score (nSPS) is 10.4. The van der Waals surface area contributed by atoms with E-state index in [0.29, 0.717) is 23.4 Å². The number of esters is 1. The number of hydrogen-bond donors (Lipinski definition) is 0. The van der Waals surface area contributed by atoms with Gasteiger partial charge in [-0.25, -0.2) is 4.79 Å². The van der Waals surface area contributed by atoms with Gasteiger partial charge in [0.15, 0.2) is 0 Å². The number of nitrogens with zero attached hydrogens (tertiary/aromatic N) is 4. The SMILES string of the molecule is CCOC(=O)c1ccc(N=[N+]=[N-])c(-c2cc(C)c3cnccc3c2C)c1. The third-order valence-electron chi connectivity index (χ3n) is 4.37. The van der Waals surface area contributed by atoms with Gasteiger partial charge in [0.1, 0.15) is 0 Å². The van der Waals surface area contributed by atoms with E-state index in [9.17, 15) is 4.79 Å². The predicted molar refractivity (Wildman–Crippen MR) is 101 cm³/mol. The molecule has 0 amide bonds. The van der Waals surface area contributed by atoms with Gasteiger partial charge < -0.3 is 4.74 Å². The molecule has 0 atom stereocenters. The molecule has 6 nitrogen and oxygen atoms in total. The Morgan fingerprint density at radius 1 is 1.19 bits per heavy atom. The lowest BCUT2D eigenvalue weighted by Crippen LogP contribution is -2.04. The van der Waals surface area contributed by atoms with Crippen molar-refractivity contribution >= 4 is 22.4 Å². The van der Waals surface area contributed by atoms with Gasteiger partial charge in [-0.05, 0) is 72.1 Å². The molecule has 0 fully saturated rings. The van der Waals surface area contributed by atoms with Crippen molar-refractivity contribution in [2.45, 2.75) is 20.8 Å². The summed E-state index contributed by atoms with van der Waals surface area (Å²) in [5.74, 6) is -0.402. The highest BCUT2D eigenvalue weighted by molar-refractivity contribution is 5.97. The molecule has 0 bridgehead atoms. The van der Waals surface area contributed by atoms with Gasteiger partial charge in [-0.1, -0.05) is 17.2 Å². The third kappa shape index (κ3) is 3.10. The van der Waals surface area contributed by atoms with Crippen LogP contribution in [0.1, 0.15) is 28.4 Å². The maximum Gasteiger partial charge on any atom is 0.338 e. The highest BCUT2D eigenvalue weighted by Crippen LogP contribution is 2.37. The summed E-state index contributed by atoms with van der Waals surface area (Å²) in [5.41, 5.74) is 13.5. The number of pyridine rings is 1. The van der Waals surface area contributed by atoms with Crippen molar-refractivity contribution in [1.29, 1.82) is 0 Å². The minimum Gasteiger partial charge on any atom is -0.462 e. The summed E-state index contributed by atoms with van der Waals surface area (Å²) in [5, 5.41) is 5.94. The molecule has 0 aliphatic rings. The lowest BCUT2D eigenvalue weighted by molar-refractivity contribution is 0.0526. The third-order valence-corrected chi connectivity index (χ3v) is 4.37. The number of carbonyl (C=O) groups is 1. The van der Waals surface area contributed by atoms with Crippen molar-refractivity contribution < 1.29 is 9.53 Å². The molecule has 26 heavy (non-hydrogen) atoms. The summed E-state index contributed by atoms with van der Waals surface area (Å²) in [7, 11) is 0. The largest absolute Gasteiger partial charge is 0.462 e. The Bertz CT molecular complexity index is 1050. The van der Waals surface area contributed by atoms with E-state index in [2.05, 4.69) is 15.0 Å². The molecular weight excluding hydrogens is 328 g/mol. The number of azide groups is 1. The number of rotatable bonds is 4. The zero-order valence-corrected chi connectivity index (χ0v) is 14.9. The maximum atomic E-state index is 12.1. The summed E-state index contributed by atoms with van der Waals surface area (Å²) in [6.07, 6.45) is 3.59. The average Bonchev–Trinajstić information content (AvgIpc) is 2.65. The highest BCUT2D eigenvalue weighted by Gasteiger charge is 2.15. The van der Waals surface area contributed by atoms with E-state index in [4.69, 9.17) is 10.3 Å². The minimum absolute atomic E-state index is 0.299. The summed E-state index contributed by atoms with van der Waals surface area (Å²) in [6, 6.07) is 8.96.